The summed E-state index contributed by atoms with van der Waals surface area (Å²) in [4.78, 5) is 0. The van der Waals surface area contributed by atoms with Crippen LogP contribution >= 0.6 is 15.9 Å². The molecule has 0 unspecified atom stereocenters. The van der Waals surface area contributed by atoms with Gasteiger partial charge in [-0.15, -0.1) is 0 Å². The highest BCUT2D eigenvalue weighted by Gasteiger charge is 2.21. The van der Waals surface area contributed by atoms with E-state index in [-0.39, 0.29) is 0 Å². The molecule has 0 saturated carbocycles. The molecular weight excluding hydrogens is 897 g/mol. The van der Waals surface area contributed by atoms with E-state index in [0.717, 1.165) is 143 Å². The fourth-order valence-electron chi connectivity index (χ4n) is 9.04. The van der Waals surface area contributed by atoms with Crippen molar-refractivity contribution in [3.8, 4) is 34.5 Å². The number of benzene rings is 4. The SMILES string of the molecule is CCCCCCOc1cc2c3cc(OCCCCCC)c(OCCCCCC)cc3c3cc(OCCCCCCCCCCCCBr)c(OCCCCCC)cc3c2cc1OCCCCCC. The first-order valence-corrected chi connectivity index (χ1v) is 29.1. The normalized spacial score (nSPS) is 11.6. The van der Waals surface area contributed by atoms with Crippen LogP contribution in [0.3, 0.4) is 0 Å². The first kappa shape index (κ1) is 56.5. The molecule has 378 valence electrons. The molecule has 4 aromatic carbocycles. The summed E-state index contributed by atoms with van der Waals surface area (Å²) in [6, 6.07) is 13.5. The lowest BCUT2D eigenvalue weighted by Gasteiger charge is -2.21. The average molecular weight is 992 g/mol. The molecule has 0 N–H and O–H groups in total. The van der Waals surface area contributed by atoms with Gasteiger partial charge in [-0.2, -0.15) is 0 Å². The van der Waals surface area contributed by atoms with E-state index < -0.39 is 0 Å². The number of hydrogen-bond donors (Lipinski definition) is 0. The van der Waals surface area contributed by atoms with E-state index in [9.17, 15) is 0 Å². The number of rotatable bonds is 43. The zero-order valence-electron chi connectivity index (χ0n) is 43.5. The zero-order valence-corrected chi connectivity index (χ0v) is 45.0. The Morgan fingerprint density at radius 2 is 0.403 bits per heavy atom. The van der Waals surface area contributed by atoms with E-state index in [4.69, 9.17) is 28.4 Å². The molecule has 0 aliphatic rings. The van der Waals surface area contributed by atoms with E-state index in [1.54, 1.807) is 0 Å². The van der Waals surface area contributed by atoms with Crippen LogP contribution in [0, 0.1) is 0 Å². The quantitative estimate of drug-likeness (QED) is 0.0250. The molecule has 6 nitrogen and oxygen atoms in total. The van der Waals surface area contributed by atoms with Gasteiger partial charge in [-0.1, -0.05) is 198 Å². The minimum Gasteiger partial charge on any atom is -0.490 e. The van der Waals surface area contributed by atoms with Crippen LogP contribution in [0.1, 0.15) is 227 Å². The third-order valence-corrected chi connectivity index (χ3v) is 13.7. The van der Waals surface area contributed by atoms with Gasteiger partial charge in [0.25, 0.3) is 0 Å². The van der Waals surface area contributed by atoms with E-state index in [0.29, 0.717) is 39.6 Å². The Kier molecular flexibility index (Phi) is 30.3. The predicted molar refractivity (Wildman–Crippen MR) is 293 cm³/mol. The van der Waals surface area contributed by atoms with Crippen molar-refractivity contribution >= 4 is 48.2 Å². The number of hydrogen-bond acceptors (Lipinski definition) is 6. The molecule has 0 heterocycles. The van der Waals surface area contributed by atoms with Crippen molar-refractivity contribution in [2.75, 3.05) is 45.0 Å². The third-order valence-electron chi connectivity index (χ3n) is 13.2. The maximum Gasteiger partial charge on any atom is 0.161 e. The van der Waals surface area contributed by atoms with Crippen LogP contribution < -0.4 is 28.4 Å². The Morgan fingerprint density at radius 1 is 0.239 bits per heavy atom. The lowest BCUT2D eigenvalue weighted by molar-refractivity contribution is 0.259. The van der Waals surface area contributed by atoms with Gasteiger partial charge in [0.15, 0.2) is 34.5 Å². The summed E-state index contributed by atoms with van der Waals surface area (Å²) in [5.41, 5.74) is 0. The molecule has 0 saturated heterocycles. The van der Waals surface area contributed by atoms with Crippen molar-refractivity contribution in [1.29, 1.82) is 0 Å². The van der Waals surface area contributed by atoms with Crippen molar-refractivity contribution in [3.05, 3.63) is 36.4 Å². The van der Waals surface area contributed by atoms with Gasteiger partial charge >= 0.3 is 0 Å². The summed E-state index contributed by atoms with van der Waals surface area (Å²) in [7, 11) is 0. The van der Waals surface area contributed by atoms with Crippen LogP contribution in [0.5, 0.6) is 34.5 Å². The number of ether oxygens (including phenoxy) is 6. The third kappa shape index (κ3) is 20.8. The highest BCUT2D eigenvalue weighted by molar-refractivity contribution is 9.09. The highest BCUT2D eigenvalue weighted by atomic mass is 79.9. The van der Waals surface area contributed by atoms with Gasteiger partial charge in [0.2, 0.25) is 0 Å². The number of halogens is 1. The lowest BCUT2D eigenvalue weighted by Crippen LogP contribution is -2.05. The first-order chi connectivity index (χ1) is 33.1. The molecule has 0 radical (unpaired) electrons. The summed E-state index contributed by atoms with van der Waals surface area (Å²) in [6.45, 7) is 15.3. The van der Waals surface area contributed by atoms with Crippen LogP contribution in [0.2, 0.25) is 0 Å². The van der Waals surface area contributed by atoms with E-state index in [1.807, 2.05) is 0 Å². The molecule has 0 aromatic heterocycles. The summed E-state index contributed by atoms with van der Waals surface area (Å²) >= 11 is 3.56. The molecule has 0 spiro atoms. The van der Waals surface area contributed by atoms with Crippen molar-refractivity contribution < 1.29 is 28.4 Å². The van der Waals surface area contributed by atoms with Gasteiger partial charge in [0, 0.05) is 5.33 Å². The van der Waals surface area contributed by atoms with Crippen molar-refractivity contribution in [2.45, 2.75) is 227 Å². The average Bonchev–Trinajstić information content (AvgIpc) is 3.34. The minimum atomic E-state index is 0.667. The molecule has 0 aliphatic heterocycles. The molecule has 0 fully saturated rings. The monoisotopic (exact) mass is 991 g/mol. The molecule has 4 aromatic rings. The second kappa shape index (κ2) is 36.0. The zero-order chi connectivity index (χ0) is 47.6. The molecule has 4 rings (SSSR count). The van der Waals surface area contributed by atoms with E-state index in [1.165, 1.54) is 122 Å². The molecule has 0 bridgehead atoms. The molecule has 0 aliphatic carbocycles. The smallest absolute Gasteiger partial charge is 0.161 e. The van der Waals surface area contributed by atoms with Gasteiger partial charge in [0.05, 0.1) is 39.6 Å². The van der Waals surface area contributed by atoms with Crippen LogP contribution in [-0.2, 0) is 0 Å². The molecule has 7 heteroatoms. The van der Waals surface area contributed by atoms with E-state index in [2.05, 4.69) is 86.9 Å². The molecule has 67 heavy (non-hydrogen) atoms. The van der Waals surface area contributed by atoms with Crippen molar-refractivity contribution in [1.82, 2.24) is 0 Å². The highest BCUT2D eigenvalue weighted by Crippen LogP contribution is 2.47. The van der Waals surface area contributed by atoms with Crippen molar-refractivity contribution in [2.24, 2.45) is 0 Å². The number of alkyl halides is 1. The van der Waals surface area contributed by atoms with Gasteiger partial charge in [0.1, 0.15) is 0 Å². The first-order valence-electron chi connectivity index (χ1n) is 28.0. The van der Waals surface area contributed by atoms with Crippen LogP contribution in [-0.4, -0.2) is 45.0 Å². The van der Waals surface area contributed by atoms with Crippen molar-refractivity contribution in [3.63, 3.8) is 0 Å². The second-order valence-corrected chi connectivity index (χ2v) is 19.9. The Bertz CT molecular complexity index is 1840. The van der Waals surface area contributed by atoms with Gasteiger partial charge < -0.3 is 28.4 Å². The van der Waals surface area contributed by atoms with Gasteiger partial charge in [-0.3, -0.25) is 0 Å². The molecule has 0 atom stereocenters. The van der Waals surface area contributed by atoms with Crippen LogP contribution in [0.25, 0.3) is 32.3 Å². The minimum absolute atomic E-state index is 0.667. The number of fused-ring (bicyclic) bond motifs is 6. The predicted octanol–water partition coefficient (Wildman–Crippen LogP) is 19.6. The van der Waals surface area contributed by atoms with Crippen LogP contribution in [0.4, 0.5) is 0 Å². The van der Waals surface area contributed by atoms with Gasteiger partial charge in [-0.25, -0.2) is 0 Å². The maximum atomic E-state index is 6.78. The Morgan fingerprint density at radius 3 is 0.582 bits per heavy atom. The standard InChI is InChI=1S/C60H95BrO6/c1-6-11-16-30-37-62-55-43-49-50-44-56(63-38-31-17-12-7-2)58(65-40-33-19-14-9-4)46-52(50)54-48-60(67-42-35-28-26-24-22-21-23-25-27-29-36-61)59(66-41-34-20-15-10-5)47-53(54)51(49)45-57(55)64-39-32-18-13-8-3/h43-48H,6-42H2,1-5H3. The van der Waals surface area contributed by atoms with Gasteiger partial charge in [-0.05, 0) is 114 Å². The summed E-state index contributed by atoms with van der Waals surface area (Å²) in [5.74, 6) is 4.91. The summed E-state index contributed by atoms with van der Waals surface area (Å²) in [5, 5.41) is 7.87. The number of unbranched alkanes of at least 4 members (excludes halogenated alkanes) is 24. The summed E-state index contributed by atoms with van der Waals surface area (Å²) in [6.07, 6.45) is 35.9. The largest absolute Gasteiger partial charge is 0.490 e. The fraction of sp³-hybridized carbons (Fsp3) is 0.700. The maximum absolute atomic E-state index is 6.78. The molecular formula is C60H95BrO6. The Balaban J connectivity index is 1.82. The second-order valence-electron chi connectivity index (χ2n) is 19.2. The Hall–Kier alpha value is -3.06. The Labute approximate surface area is 417 Å². The lowest BCUT2D eigenvalue weighted by atomic mass is 9.93. The fourth-order valence-corrected chi connectivity index (χ4v) is 9.44. The summed E-state index contributed by atoms with van der Waals surface area (Å²) < 4.78 is 40.3. The molecule has 0 amide bonds. The van der Waals surface area contributed by atoms with Crippen LogP contribution in [0.15, 0.2) is 36.4 Å². The topological polar surface area (TPSA) is 55.4 Å². The van der Waals surface area contributed by atoms with E-state index >= 15 is 0 Å².